The van der Waals surface area contributed by atoms with E-state index in [1.165, 1.54) is 10.4 Å². The molecule has 0 saturated heterocycles. The van der Waals surface area contributed by atoms with Crippen LogP contribution in [0, 0.1) is 0 Å². The summed E-state index contributed by atoms with van der Waals surface area (Å²) < 4.78 is 0. The Hall–Kier alpha value is -0.870. The number of hydrogen-bond donors (Lipinski definition) is 0. The molecule has 2 aromatic rings. The molecule has 0 aliphatic carbocycles. The number of nitrogens with zero attached hydrogens (tertiary/aromatic N) is 2. The van der Waals surface area contributed by atoms with Crippen molar-refractivity contribution < 1.29 is 0 Å². The highest BCUT2D eigenvalue weighted by Crippen LogP contribution is 2.19. The molecule has 0 aliphatic rings. The van der Waals surface area contributed by atoms with Crippen molar-refractivity contribution >= 4 is 22.9 Å². The van der Waals surface area contributed by atoms with Gasteiger partial charge in [0.1, 0.15) is 0 Å². The van der Waals surface area contributed by atoms with Crippen LogP contribution in [0.2, 0.25) is 5.02 Å². The van der Waals surface area contributed by atoms with Crippen LogP contribution >= 0.6 is 22.9 Å². The Kier molecular flexibility index (Phi) is 6.05. The van der Waals surface area contributed by atoms with Crippen LogP contribution in [-0.4, -0.2) is 37.0 Å². The summed E-state index contributed by atoms with van der Waals surface area (Å²) in [7, 11) is 4.22. The van der Waals surface area contributed by atoms with Gasteiger partial charge in [0.25, 0.3) is 0 Å². The molecule has 20 heavy (non-hydrogen) atoms. The first-order chi connectivity index (χ1) is 9.65. The van der Waals surface area contributed by atoms with Crippen molar-refractivity contribution in [3.8, 4) is 0 Å². The Bertz CT molecular complexity index is 511. The molecule has 2 nitrogen and oxygen atoms in total. The van der Waals surface area contributed by atoms with Gasteiger partial charge in [0.05, 0.1) is 0 Å². The third-order valence-electron chi connectivity index (χ3n) is 3.17. The summed E-state index contributed by atoms with van der Waals surface area (Å²) in [6.07, 6.45) is 0. The first kappa shape index (κ1) is 15.5. The van der Waals surface area contributed by atoms with Gasteiger partial charge in [-0.3, -0.25) is 4.90 Å². The van der Waals surface area contributed by atoms with E-state index in [1.54, 1.807) is 0 Å². The molecule has 0 aliphatic heterocycles. The molecule has 1 aromatic carbocycles. The maximum Gasteiger partial charge on any atom is 0.0451 e. The second kappa shape index (κ2) is 7.79. The van der Waals surface area contributed by atoms with Gasteiger partial charge in [0.15, 0.2) is 0 Å². The van der Waals surface area contributed by atoms with Crippen LogP contribution in [0.3, 0.4) is 0 Å². The number of halogens is 1. The lowest BCUT2D eigenvalue weighted by atomic mass is 10.2. The summed E-state index contributed by atoms with van der Waals surface area (Å²) in [6.45, 7) is 3.97. The van der Waals surface area contributed by atoms with Crippen molar-refractivity contribution in [2.24, 2.45) is 0 Å². The topological polar surface area (TPSA) is 6.48 Å². The predicted molar refractivity (Wildman–Crippen MR) is 88.4 cm³/mol. The molecule has 0 spiro atoms. The van der Waals surface area contributed by atoms with Gasteiger partial charge in [-0.15, -0.1) is 11.3 Å². The highest BCUT2D eigenvalue weighted by Gasteiger charge is 2.10. The molecule has 0 radical (unpaired) electrons. The summed E-state index contributed by atoms with van der Waals surface area (Å²) >= 11 is 8.09. The summed E-state index contributed by atoms with van der Waals surface area (Å²) in [6, 6.07) is 12.4. The van der Waals surface area contributed by atoms with E-state index in [2.05, 4.69) is 53.5 Å². The predicted octanol–water partition coefficient (Wildman–Crippen LogP) is 3.97. The zero-order valence-electron chi connectivity index (χ0n) is 12.1. The summed E-state index contributed by atoms with van der Waals surface area (Å²) in [5, 5.41) is 2.99. The van der Waals surface area contributed by atoms with E-state index in [9.17, 15) is 0 Å². The zero-order chi connectivity index (χ0) is 14.4. The fraction of sp³-hybridized carbons (Fsp3) is 0.375. The minimum Gasteiger partial charge on any atom is -0.308 e. The SMILES string of the molecule is CN(C)CCN(Cc1cccs1)Cc1ccccc1Cl. The largest absolute Gasteiger partial charge is 0.308 e. The quantitative estimate of drug-likeness (QED) is 0.764. The van der Waals surface area contributed by atoms with Crippen molar-refractivity contribution in [3.63, 3.8) is 0 Å². The van der Waals surface area contributed by atoms with Gasteiger partial charge in [-0.05, 0) is 37.2 Å². The molecule has 0 atom stereocenters. The second-order valence-electron chi connectivity index (χ2n) is 5.18. The molecule has 0 amide bonds. The molecule has 0 fully saturated rings. The number of hydrogen-bond acceptors (Lipinski definition) is 3. The average molecular weight is 309 g/mol. The molecular weight excluding hydrogens is 288 g/mol. The van der Waals surface area contributed by atoms with Crippen LogP contribution in [0.5, 0.6) is 0 Å². The Morgan fingerprint density at radius 2 is 1.80 bits per heavy atom. The lowest BCUT2D eigenvalue weighted by molar-refractivity contribution is 0.228. The van der Waals surface area contributed by atoms with E-state index in [1.807, 2.05) is 23.5 Å². The first-order valence-corrected chi connectivity index (χ1v) is 8.04. The van der Waals surface area contributed by atoms with Gasteiger partial charge in [-0.25, -0.2) is 0 Å². The lowest BCUT2D eigenvalue weighted by Crippen LogP contribution is -2.31. The van der Waals surface area contributed by atoms with E-state index >= 15 is 0 Å². The van der Waals surface area contributed by atoms with Gasteiger partial charge in [-0.1, -0.05) is 35.9 Å². The molecule has 2 rings (SSSR count). The Morgan fingerprint density at radius 3 is 2.45 bits per heavy atom. The summed E-state index contributed by atoms with van der Waals surface area (Å²) in [5.41, 5.74) is 1.20. The van der Waals surface area contributed by atoms with Crippen molar-refractivity contribution in [2.45, 2.75) is 13.1 Å². The zero-order valence-corrected chi connectivity index (χ0v) is 13.6. The van der Waals surface area contributed by atoms with Crippen molar-refractivity contribution in [2.75, 3.05) is 27.2 Å². The van der Waals surface area contributed by atoms with Crippen LogP contribution in [0.15, 0.2) is 41.8 Å². The van der Waals surface area contributed by atoms with E-state index in [0.717, 1.165) is 31.2 Å². The third kappa shape index (κ3) is 4.91. The maximum atomic E-state index is 6.28. The van der Waals surface area contributed by atoms with E-state index in [0.29, 0.717) is 0 Å². The Morgan fingerprint density at radius 1 is 1.00 bits per heavy atom. The molecule has 1 heterocycles. The molecule has 0 bridgehead atoms. The van der Waals surface area contributed by atoms with Crippen molar-refractivity contribution in [3.05, 3.63) is 57.2 Å². The van der Waals surface area contributed by atoms with Gasteiger partial charge in [0.2, 0.25) is 0 Å². The molecule has 0 unspecified atom stereocenters. The molecule has 108 valence electrons. The van der Waals surface area contributed by atoms with Crippen molar-refractivity contribution in [1.29, 1.82) is 0 Å². The third-order valence-corrected chi connectivity index (χ3v) is 4.40. The van der Waals surface area contributed by atoms with Crippen LogP contribution in [0.4, 0.5) is 0 Å². The Balaban J connectivity index is 2.03. The lowest BCUT2D eigenvalue weighted by Gasteiger charge is -2.24. The normalized spacial score (nSPS) is 11.4. The van der Waals surface area contributed by atoms with E-state index in [4.69, 9.17) is 11.6 Å². The molecule has 4 heteroatoms. The van der Waals surface area contributed by atoms with E-state index in [-0.39, 0.29) is 0 Å². The second-order valence-corrected chi connectivity index (χ2v) is 6.62. The van der Waals surface area contributed by atoms with Crippen LogP contribution in [0.1, 0.15) is 10.4 Å². The number of benzene rings is 1. The summed E-state index contributed by atoms with van der Waals surface area (Å²) in [4.78, 5) is 6.07. The molecule has 0 saturated carbocycles. The minimum atomic E-state index is 0.855. The standard InChI is InChI=1S/C16H21ClN2S/c1-18(2)9-10-19(13-15-7-5-11-20-15)12-14-6-3-4-8-16(14)17/h3-8,11H,9-10,12-13H2,1-2H3. The van der Waals surface area contributed by atoms with Gasteiger partial charge in [-0.2, -0.15) is 0 Å². The maximum absolute atomic E-state index is 6.28. The van der Waals surface area contributed by atoms with Crippen molar-refractivity contribution in [1.82, 2.24) is 9.80 Å². The van der Waals surface area contributed by atoms with Crippen LogP contribution in [0.25, 0.3) is 0 Å². The van der Waals surface area contributed by atoms with Crippen LogP contribution < -0.4 is 0 Å². The molecule has 0 N–H and O–H groups in total. The highest BCUT2D eigenvalue weighted by molar-refractivity contribution is 7.09. The molecule has 1 aromatic heterocycles. The smallest absolute Gasteiger partial charge is 0.0451 e. The number of rotatable bonds is 7. The average Bonchev–Trinajstić information content (AvgIpc) is 2.91. The summed E-state index contributed by atoms with van der Waals surface area (Å²) in [5.74, 6) is 0. The first-order valence-electron chi connectivity index (χ1n) is 6.78. The minimum absolute atomic E-state index is 0.855. The van der Waals surface area contributed by atoms with Gasteiger partial charge in [0, 0.05) is 36.1 Å². The highest BCUT2D eigenvalue weighted by atomic mass is 35.5. The van der Waals surface area contributed by atoms with E-state index < -0.39 is 0 Å². The Labute approximate surface area is 130 Å². The van der Waals surface area contributed by atoms with Gasteiger partial charge < -0.3 is 4.90 Å². The number of likely N-dealkylation sites (N-methyl/N-ethyl adjacent to an activating group) is 1. The number of thiophene rings is 1. The fourth-order valence-corrected chi connectivity index (χ4v) is 2.99. The molecular formula is C16H21ClN2S. The fourth-order valence-electron chi connectivity index (χ4n) is 2.05. The monoisotopic (exact) mass is 308 g/mol. The van der Waals surface area contributed by atoms with Gasteiger partial charge >= 0.3 is 0 Å². The van der Waals surface area contributed by atoms with Crippen LogP contribution in [-0.2, 0) is 13.1 Å².